The fourth-order valence-electron chi connectivity index (χ4n) is 2.58. The van der Waals surface area contributed by atoms with Crippen molar-refractivity contribution in [2.45, 2.75) is 13.0 Å². The van der Waals surface area contributed by atoms with Crippen LogP contribution in [0.3, 0.4) is 0 Å². The maximum absolute atomic E-state index is 12.5. The van der Waals surface area contributed by atoms with Gasteiger partial charge in [0.15, 0.2) is 5.82 Å². The standard InChI is InChI=1S/C12H14ClIN4O/c1-7-5-8-11(15-10(7)13)18-4-3-17(14)6-9(18)12(19)16(8)2/h5,9H,3-4,6H2,1-2H3/t9-/m1/s1. The van der Waals surface area contributed by atoms with Gasteiger partial charge >= 0.3 is 0 Å². The lowest BCUT2D eigenvalue weighted by Gasteiger charge is -2.45. The van der Waals surface area contributed by atoms with E-state index in [4.69, 9.17) is 11.6 Å². The summed E-state index contributed by atoms with van der Waals surface area (Å²) >= 11 is 8.40. The molecule has 0 spiro atoms. The van der Waals surface area contributed by atoms with Gasteiger partial charge in [0, 0.05) is 49.5 Å². The zero-order valence-electron chi connectivity index (χ0n) is 10.7. The minimum Gasteiger partial charge on any atom is -0.340 e. The predicted octanol–water partition coefficient (Wildman–Crippen LogP) is 1.86. The molecule has 3 rings (SSSR count). The van der Waals surface area contributed by atoms with Crippen LogP contribution in [0.1, 0.15) is 5.56 Å². The molecule has 1 fully saturated rings. The first-order valence-corrected chi connectivity index (χ1v) is 7.45. The minimum atomic E-state index is -0.158. The molecule has 2 aliphatic heterocycles. The van der Waals surface area contributed by atoms with Crippen LogP contribution in [0, 0.1) is 6.92 Å². The van der Waals surface area contributed by atoms with Crippen molar-refractivity contribution in [1.29, 1.82) is 0 Å². The number of anilines is 2. The second-order valence-corrected chi connectivity index (χ2v) is 6.64. The van der Waals surface area contributed by atoms with Gasteiger partial charge < -0.3 is 9.80 Å². The molecule has 19 heavy (non-hydrogen) atoms. The highest BCUT2D eigenvalue weighted by molar-refractivity contribution is 14.1. The Morgan fingerprint density at radius 1 is 1.47 bits per heavy atom. The number of pyridine rings is 1. The zero-order chi connectivity index (χ0) is 13.7. The first-order chi connectivity index (χ1) is 8.99. The van der Waals surface area contributed by atoms with Crippen molar-refractivity contribution in [3.8, 4) is 0 Å². The Bertz CT molecular complexity index is 553. The summed E-state index contributed by atoms with van der Waals surface area (Å²) in [5.41, 5.74) is 1.75. The summed E-state index contributed by atoms with van der Waals surface area (Å²) < 4.78 is 2.14. The molecule has 0 radical (unpaired) electrons. The molecule has 0 bridgehead atoms. The topological polar surface area (TPSA) is 39.7 Å². The number of hydrogen-bond acceptors (Lipinski definition) is 4. The summed E-state index contributed by atoms with van der Waals surface area (Å²) in [5, 5.41) is 0.511. The lowest BCUT2D eigenvalue weighted by Crippen LogP contribution is -2.60. The first kappa shape index (κ1) is 13.4. The highest BCUT2D eigenvalue weighted by Crippen LogP contribution is 2.37. The molecule has 1 atom stereocenters. The maximum Gasteiger partial charge on any atom is 0.250 e. The third kappa shape index (κ3) is 2.09. The van der Waals surface area contributed by atoms with Crippen LogP contribution >= 0.6 is 34.5 Å². The highest BCUT2D eigenvalue weighted by Gasteiger charge is 2.40. The van der Waals surface area contributed by atoms with Crippen molar-refractivity contribution >= 4 is 51.9 Å². The van der Waals surface area contributed by atoms with E-state index < -0.39 is 0 Å². The number of carbonyl (C=O) groups is 1. The molecule has 1 aromatic rings. The van der Waals surface area contributed by atoms with Gasteiger partial charge in [0.1, 0.15) is 11.2 Å². The largest absolute Gasteiger partial charge is 0.340 e. The molecule has 2 aliphatic rings. The van der Waals surface area contributed by atoms with E-state index in [1.54, 1.807) is 11.9 Å². The molecule has 0 N–H and O–H groups in total. The molecule has 0 unspecified atom stereocenters. The third-order valence-electron chi connectivity index (χ3n) is 3.69. The van der Waals surface area contributed by atoms with E-state index in [0.29, 0.717) is 5.15 Å². The van der Waals surface area contributed by atoms with E-state index in [0.717, 1.165) is 36.7 Å². The van der Waals surface area contributed by atoms with Crippen LogP contribution < -0.4 is 9.80 Å². The number of halogens is 2. The van der Waals surface area contributed by atoms with E-state index in [2.05, 4.69) is 35.9 Å². The van der Waals surface area contributed by atoms with Gasteiger partial charge in [-0.15, -0.1) is 0 Å². The van der Waals surface area contributed by atoms with Crippen LogP contribution in [0.25, 0.3) is 0 Å². The van der Waals surface area contributed by atoms with Crippen molar-refractivity contribution in [2.75, 3.05) is 36.5 Å². The molecule has 0 aliphatic carbocycles. The molecule has 5 nitrogen and oxygen atoms in total. The average Bonchev–Trinajstić information content (AvgIpc) is 2.38. The van der Waals surface area contributed by atoms with Gasteiger partial charge in [-0.25, -0.2) is 8.10 Å². The molecule has 0 aromatic carbocycles. The summed E-state index contributed by atoms with van der Waals surface area (Å²) in [5.74, 6) is 0.949. The lowest BCUT2D eigenvalue weighted by molar-refractivity contribution is -0.120. The zero-order valence-corrected chi connectivity index (χ0v) is 13.6. The van der Waals surface area contributed by atoms with Crippen LogP contribution in [-0.2, 0) is 4.79 Å². The van der Waals surface area contributed by atoms with Crippen LogP contribution in [0.2, 0.25) is 5.15 Å². The number of rotatable bonds is 0. The number of hydrogen-bond donors (Lipinski definition) is 0. The van der Waals surface area contributed by atoms with Crippen LogP contribution in [0.15, 0.2) is 6.07 Å². The van der Waals surface area contributed by atoms with Gasteiger partial charge in [-0.3, -0.25) is 4.79 Å². The van der Waals surface area contributed by atoms with E-state index in [9.17, 15) is 4.79 Å². The Morgan fingerprint density at radius 3 is 2.95 bits per heavy atom. The van der Waals surface area contributed by atoms with Gasteiger partial charge in [-0.05, 0) is 18.6 Å². The van der Waals surface area contributed by atoms with Crippen molar-refractivity contribution < 1.29 is 4.79 Å². The van der Waals surface area contributed by atoms with E-state index in [1.807, 2.05) is 13.0 Å². The molecular formula is C12H14ClIN4O. The monoisotopic (exact) mass is 392 g/mol. The Morgan fingerprint density at radius 2 is 2.21 bits per heavy atom. The lowest BCUT2D eigenvalue weighted by atomic mass is 10.1. The molecular weight excluding hydrogens is 379 g/mol. The number of nitrogens with zero attached hydrogens (tertiary/aromatic N) is 4. The molecule has 7 heteroatoms. The maximum atomic E-state index is 12.5. The number of amides is 1. The van der Waals surface area contributed by atoms with Gasteiger partial charge in [-0.1, -0.05) is 11.6 Å². The molecule has 1 amide bonds. The van der Waals surface area contributed by atoms with Crippen molar-refractivity contribution in [3.63, 3.8) is 0 Å². The summed E-state index contributed by atoms with van der Waals surface area (Å²) in [6.45, 7) is 4.34. The average molecular weight is 393 g/mol. The van der Waals surface area contributed by atoms with E-state index in [1.165, 1.54) is 0 Å². The number of aromatic nitrogens is 1. The van der Waals surface area contributed by atoms with Crippen LogP contribution in [-0.4, -0.2) is 46.7 Å². The normalized spacial score (nSPS) is 23.4. The minimum absolute atomic E-state index is 0.123. The van der Waals surface area contributed by atoms with Gasteiger partial charge in [0.2, 0.25) is 0 Å². The Balaban J connectivity index is 2.12. The van der Waals surface area contributed by atoms with Gasteiger partial charge in [0.05, 0.1) is 5.69 Å². The van der Waals surface area contributed by atoms with Gasteiger partial charge in [-0.2, -0.15) is 0 Å². The molecule has 1 saturated heterocycles. The fourth-order valence-corrected chi connectivity index (χ4v) is 3.31. The SMILES string of the molecule is Cc1cc2c(nc1Cl)N1CCN(I)C[C@@H]1C(=O)N2C. The third-order valence-corrected chi connectivity index (χ3v) is 4.95. The van der Waals surface area contributed by atoms with E-state index >= 15 is 0 Å². The first-order valence-electron chi connectivity index (χ1n) is 6.11. The summed E-state index contributed by atoms with van der Waals surface area (Å²) in [4.78, 5) is 20.7. The Labute approximate surface area is 131 Å². The van der Waals surface area contributed by atoms with Crippen molar-refractivity contribution in [2.24, 2.45) is 0 Å². The van der Waals surface area contributed by atoms with Crippen LogP contribution in [0.5, 0.6) is 0 Å². The molecule has 0 saturated carbocycles. The quantitative estimate of drug-likeness (QED) is 0.384. The second-order valence-electron chi connectivity index (χ2n) is 4.91. The summed E-state index contributed by atoms with van der Waals surface area (Å²) in [6.07, 6.45) is 0. The molecule has 1 aromatic heterocycles. The number of aryl methyl sites for hydroxylation is 1. The van der Waals surface area contributed by atoms with Gasteiger partial charge in [0.25, 0.3) is 5.91 Å². The smallest absolute Gasteiger partial charge is 0.250 e. The summed E-state index contributed by atoms with van der Waals surface area (Å²) in [6, 6.07) is 1.78. The number of carbonyl (C=O) groups excluding carboxylic acids is 1. The Hall–Kier alpha value is -0.600. The van der Waals surface area contributed by atoms with Crippen molar-refractivity contribution in [1.82, 2.24) is 8.10 Å². The summed E-state index contributed by atoms with van der Waals surface area (Å²) in [7, 11) is 1.81. The molecule has 3 heterocycles. The number of fused-ring (bicyclic) bond motifs is 3. The van der Waals surface area contributed by atoms with Crippen molar-refractivity contribution in [3.05, 3.63) is 16.8 Å². The predicted molar refractivity (Wildman–Crippen MR) is 84.1 cm³/mol. The second kappa shape index (κ2) is 4.75. The Kier molecular flexibility index (Phi) is 3.34. The number of piperazine rings is 1. The number of likely N-dealkylation sites (N-methyl/N-ethyl adjacent to an activating group) is 1. The van der Waals surface area contributed by atoms with Crippen LogP contribution in [0.4, 0.5) is 11.5 Å². The fraction of sp³-hybridized carbons (Fsp3) is 0.500. The molecule has 102 valence electrons. The van der Waals surface area contributed by atoms with E-state index in [-0.39, 0.29) is 11.9 Å². The highest BCUT2D eigenvalue weighted by atomic mass is 127.